The molecule has 0 radical (unpaired) electrons. The fraction of sp³-hybridized carbons (Fsp3) is 0.296. The lowest BCUT2D eigenvalue weighted by Gasteiger charge is -2.25. The molecule has 1 aromatic carbocycles. The fourth-order valence-corrected chi connectivity index (χ4v) is 6.35. The summed E-state index contributed by atoms with van der Waals surface area (Å²) in [7, 11) is -3.59. The minimum atomic E-state index is -3.59. The van der Waals surface area contributed by atoms with Gasteiger partial charge in [0.2, 0.25) is 11.8 Å². The first-order chi connectivity index (χ1) is 19.3. The third-order valence-electron chi connectivity index (χ3n) is 6.77. The first kappa shape index (κ1) is 29.8. The molecule has 216 valence electrons. The van der Waals surface area contributed by atoms with E-state index in [9.17, 15) is 27.2 Å². The van der Waals surface area contributed by atoms with Gasteiger partial charge in [-0.2, -0.15) is 0 Å². The van der Waals surface area contributed by atoms with E-state index in [1.54, 1.807) is 42.6 Å². The van der Waals surface area contributed by atoms with Gasteiger partial charge in [-0.05, 0) is 31.0 Å². The quantitative estimate of drug-likeness (QED) is 0.214. The minimum Gasteiger partial charge on any atom is -0.384 e. The van der Waals surface area contributed by atoms with E-state index < -0.39 is 62.9 Å². The second kappa shape index (κ2) is 12.1. The van der Waals surface area contributed by atoms with Crippen molar-refractivity contribution in [2.24, 2.45) is 5.73 Å². The molecule has 1 aliphatic heterocycles. The van der Waals surface area contributed by atoms with E-state index in [-0.39, 0.29) is 18.8 Å². The van der Waals surface area contributed by atoms with Crippen molar-refractivity contribution in [3.8, 4) is 11.1 Å². The van der Waals surface area contributed by atoms with Crippen LogP contribution in [0.25, 0.3) is 11.1 Å². The number of nitrogens with two attached hydrogens (primary N) is 1. The SMILES string of the molecule is C[C@@H](NC(=O)C1C[C@@H](S(C)(=O)=O)CN1C(=O)CNC(=O)c1ncc(-c2ccccc2)cc1F)c1cc(C(=N)N)cs1. The summed E-state index contributed by atoms with van der Waals surface area (Å²) in [4.78, 5) is 44.7. The van der Waals surface area contributed by atoms with Crippen LogP contribution in [0.3, 0.4) is 0 Å². The molecule has 3 atom stereocenters. The van der Waals surface area contributed by atoms with Crippen LogP contribution in [0.1, 0.15) is 40.3 Å². The van der Waals surface area contributed by atoms with Crippen molar-refractivity contribution in [1.29, 1.82) is 5.41 Å². The van der Waals surface area contributed by atoms with Gasteiger partial charge in [-0.1, -0.05) is 30.3 Å². The monoisotopic (exact) mass is 600 g/mol. The van der Waals surface area contributed by atoms with Gasteiger partial charge in [0.05, 0.1) is 17.8 Å². The van der Waals surface area contributed by atoms with Crippen molar-refractivity contribution in [2.45, 2.75) is 30.7 Å². The van der Waals surface area contributed by atoms with E-state index in [0.29, 0.717) is 16.7 Å². The molecule has 4 rings (SSSR count). The molecule has 5 N–H and O–H groups in total. The molecule has 0 aliphatic carbocycles. The number of likely N-dealkylation sites (tertiary alicyclic amines) is 1. The number of benzene rings is 1. The van der Waals surface area contributed by atoms with Gasteiger partial charge < -0.3 is 21.3 Å². The summed E-state index contributed by atoms with van der Waals surface area (Å²) in [5, 5.41) is 13.4. The van der Waals surface area contributed by atoms with Crippen molar-refractivity contribution >= 4 is 44.7 Å². The Bertz CT molecular complexity index is 1590. The number of nitrogen functional groups attached to an aromatic ring is 1. The summed E-state index contributed by atoms with van der Waals surface area (Å²) in [6, 6.07) is 10.2. The number of halogens is 1. The maximum Gasteiger partial charge on any atom is 0.273 e. The van der Waals surface area contributed by atoms with Crippen LogP contribution in [0.4, 0.5) is 4.39 Å². The van der Waals surface area contributed by atoms with Crippen LogP contribution in [0, 0.1) is 11.2 Å². The molecule has 11 nitrogen and oxygen atoms in total. The number of hydrogen-bond donors (Lipinski definition) is 4. The minimum absolute atomic E-state index is 0.112. The largest absolute Gasteiger partial charge is 0.384 e. The Morgan fingerprint density at radius 3 is 2.54 bits per heavy atom. The van der Waals surface area contributed by atoms with Crippen LogP contribution in [-0.4, -0.2) is 72.5 Å². The average molecular weight is 601 g/mol. The number of aromatic nitrogens is 1. The fourth-order valence-electron chi connectivity index (χ4n) is 4.47. The second-order valence-corrected chi connectivity index (χ2v) is 13.0. The zero-order valence-corrected chi connectivity index (χ0v) is 23.9. The number of sulfone groups is 1. The Kier molecular flexibility index (Phi) is 8.83. The molecule has 1 aliphatic rings. The normalized spacial score (nSPS) is 17.6. The molecule has 1 saturated heterocycles. The number of carbonyl (C=O) groups excluding carboxylic acids is 3. The highest BCUT2D eigenvalue weighted by molar-refractivity contribution is 7.91. The van der Waals surface area contributed by atoms with E-state index in [2.05, 4.69) is 15.6 Å². The number of rotatable bonds is 9. The summed E-state index contributed by atoms with van der Waals surface area (Å²) in [5.41, 5.74) is 6.71. The number of amidine groups is 1. The third kappa shape index (κ3) is 6.95. The van der Waals surface area contributed by atoms with Gasteiger partial charge in [0, 0.05) is 40.4 Å². The molecular formula is C27H29FN6O5S2. The second-order valence-electron chi connectivity index (χ2n) is 9.73. The topological polar surface area (TPSA) is 175 Å². The molecule has 2 aromatic heterocycles. The first-order valence-corrected chi connectivity index (χ1v) is 15.4. The van der Waals surface area contributed by atoms with Crippen LogP contribution in [0.2, 0.25) is 0 Å². The van der Waals surface area contributed by atoms with Gasteiger partial charge >= 0.3 is 0 Å². The number of nitrogens with zero attached hydrogens (tertiary/aromatic N) is 2. The lowest BCUT2D eigenvalue weighted by Crippen LogP contribution is -2.49. The first-order valence-electron chi connectivity index (χ1n) is 12.6. The Labute approximate surface area is 240 Å². The smallest absolute Gasteiger partial charge is 0.273 e. The van der Waals surface area contributed by atoms with Crippen molar-refractivity contribution in [3.05, 3.63) is 76.0 Å². The van der Waals surface area contributed by atoms with Crippen molar-refractivity contribution < 1.29 is 27.2 Å². The van der Waals surface area contributed by atoms with E-state index in [0.717, 1.165) is 16.0 Å². The molecule has 1 fully saturated rings. The number of carbonyl (C=O) groups is 3. The standard InChI is InChI=1S/C27H29FN6O5S2/c1-15(22-9-18(14-40-22)25(29)30)33-26(36)21-10-19(41(2,38)39)13-34(21)23(35)12-32-27(37)24-20(28)8-17(11-31-24)16-6-4-3-5-7-16/h3-9,11,14-15,19,21H,10,12-13H2,1-2H3,(H3,29,30)(H,32,37)(H,33,36)/t15-,19-,21?/m1/s1. The Hall–Kier alpha value is -4.17. The predicted molar refractivity (Wildman–Crippen MR) is 153 cm³/mol. The molecule has 3 amide bonds. The van der Waals surface area contributed by atoms with Gasteiger partial charge in [0.15, 0.2) is 21.3 Å². The predicted octanol–water partition coefficient (Wildman–Crippen LogP) is 1.85. The van der Waals surface area contributed by atoms with E-state index in [1.807, 2.05) is 6.07 Å². The molecule has 14 heteroatoms. The van der Waals surface area contributed by atoms with Gasteiger partial charge in [-0.15, -0.1) is 11.3 Å². The molecule has 1 unspecified atom stereocenters. The molecular weight excluding hydrogens is 571 g/mol. The zero-order chi connectivity index (χ0) is 29.9. The summed E-state index contributed by atoms with van der Waals surface area (Å²) in [6.45, 7) is 0.891. The summed E-state index contributed by atoms with van der Waals surface area (Å²) in [5.74, 6) is -3.18. The van der Waals surface area contributed by atoms with Crippen molar-refractivity contribution in [3.63, 3.8) is 0 Å². The van der Waals surface area contributed by atoms with Crippen LogP contribution >= 0.6 is 11.3 Å². The maximum absolute atomic E-state index is 14.7. The molecule has 3 aromatic rings. The maximum atomic E-state index is 14.7. The number of pyridine rings is 1. The molecule has 3 heterocycles. The van der Waals surface area contributed by atoms with Crippen LogP contribution in [-0.2, 0) is 19.4 Å². The lowest BCUT2D eigenvalue weighted by atomic mass is 10.1. The highest BCUT2D eigenvalue weighted by Gasteiger charge is 2.43. The molecule has 0 spiro atoms. The number of amides is 3. The van der Waals surface area contributed by atoms with Crippen molar-refractivity contribution in [1.82, 2.24) is 20.5 Å². The average Bonchev–Trinajstić information content (AvgIpc) is 3.61. The highest BCUT2D eigenvalue weighted by atomic mass is 32.2. The van der Waals surface area contributed by atoms with Gasteiger partial charge in [0.1, 0.15) is 11.9 Å². The van der Waals surface area contributed by atoms with Gasteiger partial charge in [-0.3, -0.25) is 19.8 Å². The lowest BCUT2D eigenvalue weighted by molar-refractivity contribution is -0.137. The van der Waals surface area contributed by atoms with Crippen molar-refractivity contribution in [2.75, 3.05) is 19.3 Å². The van der Waals surface area contributed by atoms with Crippen LogP contribution in [0.15, 0.2) is 54.0 Å². The van der Waals surface area contributed by atoms with E-state index >= 15 is 0 Å². The number of hydrogen-bond acceptors (Lipinski definition) is 8. The van der Waals surface area contributed by atoms with Crippen LogP contribution < -0.4 is 16.4 Å². The summed E-state index contributed by atoms with van der Waals surface area (Å²) >= 11 is 1.30. The third-order valence-corrected chi connectivity index (χ3v) is 9.44. The molecule has 0 bridgehead atoms. The van der Waals surface area contributed by atoms with E-state index in [1.165, 1.54) is 23.6 Å². The molecule has 0 saturated carbocycles. The summed E-state index contributed by atoms with van der Waals surface area (Å²) < 4.78 is 39.3. The van der Waals surface area contributed by atoms with E-state index in [4.69, 9.17) is 11.1 Å². The Morgan fingerprint density at radius 1 is 1.22 bits per heavy atom. The van der Waals surface area contributed by atoms with Gasteiger partial charge in [-0.25, -0.2) is 17.8 Å². The Balaban J connectivity index is 1.44. The Morgan fingerprint density at radius 2 is 1.93 bits per heavy atom. The van der Waals surface area contributed by atoms with Gasteiger partial charge in [0.25, 0.3) is 5.91 Å². The van der Waals surface area contributed by atoms with Crippen LogP contribution in [0.5, 0.6) is 0 Å². The zero-order valence-electron chi connectivity index (χ0n) is 22.3. The molecule has 41 heavy (non-hydrogen) atoms. The number of thiophene rings is 1. The summed E-state index contributed by atoms with van der Waals surface area (Å²) in [6.07, 6.45) is 2.27. The highest BCUT2D eigenvalue weighted by Crippen LogP contribution is 2.26. The number of nitrogens with one attached hydrogen (secondary N) is 3.